The van der Waals surface area contributed by atoms with Gasteiger partial charge in [-0.3, -0.25) is 9.59 Å². The summed E-state index contributed by atoms with van der Waals surface area (Å²) in [7, 11) is 0. The second-order valence-corrected chi connectivity index (χ2v) is 7.44. The molecule has 6 nitrogen and oxygen atoms in total. The molecule has 0 fully saturated rings. The zero-order chi connectivity index (χ0) is 20.9. The number of thioether (sulfide) groups is 1. The first kappa shape index (κ1) is 19.8. The summed E-state index contributed by atoms with van der Waals surface area (Å²) in [4.78, 5) is 25.3. The number of ether oxygens (including phenoxy) is 2. The van der Waals surface area contributed by atoms with Gasteiger partial charge in [0, 0.05) is 27.9 Å². The number of fused-ring (bicyclic) bond motifs is 1. The predicted octanol–water partition coefficient (Wildman–Crippen LogP) is 4.54. The fraction of sp³-hybridized carbons (Fsp3) is 0.0909. The minimum absolute atomic E-state index is 0.167. The van der Waals surface area contributed by atoms with Crippen LogP contribution >= 0.6 is 11.8 Å². The molecule has 2 amide bonds. The van der Waals surface area contributed by atoms with E-state index in [1.165, 1.54) is 36.0 Å². The number of amides is 2. The van der Waals surface area contributed by atoms with Crippen LogP contribution in [0.3, 0.4) is 0 Å². The minimum Gasteiger partial charge on any atom is -0.454 e. The number of hydrogen-bond acceptors (Lipinski definition) is 5. The third kappa shape index (κ3) is 4.90. The van der Waals surface area contributed by atoms with Crippen LogP contribution in [0.2, 0.25) is 0 Å². The number of carbonyl (C=O) groups is 2. The van der Waals surface area contributed by atoms with Crippen LogP contribution in [-0.4, -0.2) is 24.4 Å². The van der Waals surface area contributed by atoms with Gasteiger partial charge >= 0.3 is 0 Å². The lowest BCUT2D eigenvalue weighted by Gasteiger charge is -2.08. The van der Waals surface area contributed by atoms with Crippen molar-refractivity contribution in [2.24, 2.45) is 0 Å². The van der Waals surface area contributed by atoms with Gasteiger partial charge in [-0.05, 0) is 54.6 Å². The van der Waals surface area contributed by atoms with Gasteiger partial charge in [-0.2, -0.15) is 0 Å². The van der Waals surface area contributed by atoms with Gasteiger partial charge in [0.05, 0.1) is 5.75 Å². The summed E-state index contributed by atoms with van der Waals surface area (Å²) in [5, 5.41) is 5.59. The molecule has 0 spiro atoms. The van der Waals surface area contributed by atoms with Gasteiger partial charge in [0.1, 0.15) is 5.82 Å². The zero-order valence-electron chi connectivity index (χ0n) is 15.7. The van der Waals surface area contributed by atoms with Crippen LogP contribution in [0.25, 0.3) is 0 Å². The zero-order valence-corrected chi connectivity index (χ0v) is 16.5. The summed E-state index contributed by atoms with van der Waals surface area (Å²) in [6.45, 7) is 0.177. The van der Waals surface area contributed by atoms with Gasteiger partial charge in [0.2, 0.25) is 12.7 Å². The Balaban J connectivity index is 1.32. The fourth-order valence-corrected chi connectivity index (χ4v) is 3.54. The topological polar surface area (TPSA) is 76.7 Å². The number of halogens is 1. The van der Waals surface area contributed by atoms with Crippen LogP contribution in [0.15, 0.2) is 71.6 Å². The molecule has 30 heavy (non-hydrogen) atoms. The molecule has 0 unspecified atom stereocenters. The molecule has 0 atom stereocenters. The number of benzene rings is 3. The molecule has 0 saturated carbocycles. The van der Waals surface area contributed by atoms with E-state index in [2.05, 4.69) is 10.6 Å². The Kier molecular flexibility index (Phi) is 5.85. The van der Waals surface area contributed by atoms with E-state index >= 15 is 0 Å². The van der Waals surface area contributed by atoms with E-state index < -0.39 is 5.82 Å². The molecule has 152 valence electrons. The fourth-order valence-electron chi connectivity index (χ4n) is 2.79. The molecule has 1 aliphatic heterocycles. The van der Waals surface area contributed by atoms with Crippen molar-refractivity contribution in [1.82, 2.24) is 0 Å². The van der Waals surface area contributed by atoms with E-state index in [1.54, 1.807) is 36.4 Å². The monoisotopic (exact) mass is 424 g/mol. The molecular formula is C22H17FN2O4S. The van der Waals surface area contributed by atoms with E-state index in [9.17, 15) is 14.0 Å². The van der Waals surface area contributed by atoms with Crippen LogP contribution in [0.1, 0.15) is 10.4 Å². The third-order valence-electron chi connectivity index (χ3n) is 4.22. The van der Waals surface area contributed by atoms with Crippen molar-refractivity contribution in [3.8, 4) is 11.5 Å². The Labute approximate surface area is 176 Å². The first-order chi connectivity index (χ1) is 14.6. The maximum atomic E-state index is 13.0. The minimum atomic E-state index is -0.399. The summed E-state index contributed by atoms with van der Waals surface area (Å²) < 4.78 is 23.5. The molecular weight excluding hydrogens is 407 g/mol. The second kappa shape index (κ2) is 8.87. The standard InChI is InChI=1S/C22H17FN2O4S/c23-15-6-4-14(5-7-15)22(27)25-16-2-1-3-18(10-16)30-12-21(26)24-17-8-9-19-20(11-17)29-13-28-19/h1-11H,12-13H2,(H,24,26)(H,25,27). The number of hydrogen-bond donors (Lipinski definition) is 2. The Morgan fingerprint density at radius 2 is 1.67 bits per heavy atom. The lowest BCUT2D eigenvalue weighted by molar-refractivity contribution is -0.113. The van der Waals surface area contributed by atoms with Crippen LogP contribution < -0.4 is 20.1 Å². The molecule has 0 aromatic heterocycles. The van der Waals surface area contributed by atoms with Crippen LogP contribution in [0.4, 0.5) is 15.8 Å². The highest BCUT2D eigenvalue weighted by molar-refractivity contribution is 8.00. The van der Waals surface area contributed by atoms with Crippen LogP contribution in [0.5, 0.6) is 11.5 Å². The third-order valence-corrected chi connectivity index (χ3v) is 5.22. The van der Waals surface area contributed by atoms with Gasteiger partial charge in [0.25, 0.3) is 5.91 Å². The van der Waals surface area contributed by atoms with E-state index in [4.69, 9.17) is 9.47 Å². The molecule has 1 aliphatic rings. The normalized spacial score (nSPS) is 11.8. The summed E-state index contributed by atoms with van der Waals surface area (Å²) >= 11 is 1.34. The van der Waals surface area contributed by atoms with Crippen LogP contribution in [-0.2, 0) is 4.79 Å². The summed E-state index contributed by atoms with van der Waals surface area (Å²) in [5.41, 5.74) is 1.58. The maximum Gasteiger partial charge on any atom is 0.255 e. The molecule has 4 rings (SSSR count). The molecule has 1 heterocycles. The van der Waals surface area contributed by atoms with Crippen molar-refractivity contribution in [1.29, 1.82) is 0 Å². The quantitative estimate of drug-likeness (QED) is 0.569. The molecule has 0 bridgehead atoms. The number of nitrogens with one attached hydrogen (secondary N) is 2. The molecule has 8 heteroatoms. The van der Waals surface area contributed by atoms with Crippen molar-refractivity contribution in [3.05, 3.63) is 78.1 Å². The molecule has 3 aromatic rings. The van der Waals surface area contributed by atoms with Crippen molar-refractivity contribution in [2.75, 3.05) is 23.2 Å². The SMILES string of the molecule is O=C(CSc1cccc(NC(=O)c2ccc(F)cc2)c1)Nc1ccc2c(c1)OCO2. The number of rotatable bonds is 6. The van der Waals surface area contributed by atoms with E-state index in [0.29, 0.717) is 28.4 Å². The molecule has 0 saturated heterocycles. The van der Waals surface area contributed by atoms with Gasteiger partial charge in [-0.1, -0.05) is 6.07 Å². The van der Waals surface area contributed by atoms with E-state index in [1.807, 2.05) is 6.07 Å². The first-order valence-corrected chi connectivity index (χ1v) is 10.0. The molecule has 3 aromatic carbocycles. The number of anilines is 2. The molecule has 0 radical (unpaired) electrons. The smallest absolute Gasteiger partial charge is 0.255 e. The molecule has 0 aliphatic carbocycles. The van der Waals surface area contributed by atoms with Crippen molar-refractivity contribution in [2.45, 2.75) is 4.90 Å². The summed E-state index contributed by atoms with van der Waals surface area (Å²) in [6, 6.07) is 17.7. The average molecular weight is 424 g/mol. The van der Waals surface area contributed by atoms with Gasteiger partial charge in [-0.15, -0.1) is 11.8 Å². The average Bonchev–Trinajstić information content (AvgIpc) is 3.21. The number of carbonyl (C=O) groups excluding carboxylic acids is 2. The van der Waals surface area contributed by atoms with Gasteiger partial charge < -0.3 is 20.1 Å². The summed E-state index contributed by atoms with van der Waals surface area (Å²) in [5.74, 6) is 0.553. The highest BCUT2D eigenvalue weighted by Gasteiger charge is 2.14. The first-order valence-electron chi connectivity index (χ1n) is 9.06. The van der Waals surface area contributed by atoms with E-state index in [0.717, 1.165) is 4.90 Å². The van der Waals surface area contributed by atoms with Crippen molar-refractivity contribution >= 4 is 35.0 Å². The largest absolute Gasteiger partial charge is 0.454 e. The Morgan fingerprint density at radius 3 is 2.50 bits per heavy atom. The van der Waals surface area contributed by atoms with Gasteiger partial charge in [-0.25, -0.2) is 4.39 Å². The lowest BCUT2D eigenvalue weighted by Crippen LogP contribution is -2.14. The maximum absolute atomic E-state index is 13.0. The second-order valence-electron chi connectivity index (χ2n) is 6.39. The van der Waals surface area contributed by atoms with E-state index in [-0.39, 0.29) is 24.4 Å². The highest BCUT2D eigenvalue weighted by atomic mass is 32.2. The summed E-state index contributed by atoms with van der Waals surface area (Å²) in [6.07, 6.45) is 0. The Hall–Kier alpha value is -3.52. The highest BCUT2D eigenvalue weighted by Crippen LogP contribution is 2.34. The Morgan fingerprint density at radius 1 is 0.900 bits per heavy atom. The van der Waals surface area contributed by atoms with Crippen molar-refractivity contribution < 1.29 is 23.5 Å². The lowest BCUT2D eigenvalue weighted by atomic mass is 10.2. The van der Waals surface area contributed by atoms with Crippen molar-refractivity contribution in [3.63, 3.8) is 0 Å². The van der Waals surface area contributed by atoms with Crippen LogP contribution in [0, 0.1) is 5.82 Å². The Bertz CT molecular complexity index is 1090. The predicted molar refractivity (Wildman–Crippen MR) is 113 cm³/mol. The molecule has 2 N–H and O–H groups in total. The van der Waals surface area contributed by atoms with Gasteiger partial charge in [0.15, 0.2) is 11.5 Å².